The topological polar surface area (TPSA) is 52.4 Å². The Labute approximate surface area is 96.3 Å². The number of non-ortho nitro benzene ring substituents is 1. The Morgan fingerprint density at radius 2 is 2.00 bits per heavy atom. The number of hydrogen-bond donors (Lipinski definition) is 0. The van der Waals surface area contributed by atoms with Gasteiger partial charge < -0.3 is 4.74 Å². The molecule has 0 bridgehead atoms. The number of rotatable bonds is 4. The lowest BCUT2D eigenvalue weighted by Crippen LogP contribution is -1.95. The van der Waals surface area contributed by atoms with Crippen LogP contribution in [0, 0.1) is 10.1 Å². The summed E-state index contributed by atoms with van der Waals surface area (Å²) in [6.07, 6.45) is 0. The second-order valence-corrected chi connectivity index (χ2v) is 3.95. The molecule has 4 nitrogen and oxygen atoms in total. The molecule has 1 heterocycles. The molecule has 0 unspecified atom stereocenters. The van der Waals surface area contributed by atoms with Gasteiger partial charge in [-0.05, 0) is 29.1 Å². The van der Waals surface area contributed by atoms with Crippen LogP contribution < -0.4 is 4.74 Å². The smallest absolute Gasteiger partial charge is 0.269 e. The molecule has 16 heavy (non-hydrogen) atoms. The molecule has 0 saturated heterocycles. The van der Waals surface area contributed by atoms with Gasteiger partial charge in [0.05, 0.1) is 4.92 Å². The Morgan fingerprint density at radius 1 is 1.25 bits per heavy atom. The summed E-state index contributed by atoms with van der Waals surface area (Å²) in [6, 6.07) is 8.24. The van der Waals surface area contributed by atoms with Gasteiger partial charge in [-0.2, -0.15) is 0 Å². The van der Waals surface area contributed by atoms with Gasteiger partial charge in [-0.3, -0.25) is 10.1 Å². The van der Waals surface area contributed by atoms with Crippen LogP contribution in [0.15, 0.2) is 41.1 Å². The first-order valence-electron chi connectivity index (χ1n) is 4.64. The summed E-state index contributed by atoms with van der Waals surface area (Å²) < 4.78 is 5.47. The molecule has 82 valence electrons. The summed E-state index contributed by atoms with van der Waals surface area (Å²) in [6.45, 7) is 0.425. The van der Waals surface area contributed by atoms with Crippen LogP contribution in [0.4, 0.5) is 5.69 Å². The molecule has 0 amide bonds. The minimum absolute atomic E-state index is 0.0966. The minimum Gasteiger partial charge on any atom is -0.488 e. The molecule has 0 aliphatic heterocycles. The van der Waals surface area contributed by atoms with Crippen molar-refractivity contribution in [2.24, 2.45) is 0 Å². The predicted molar refractivity (Wildman–Crippen MR) is 61.7 cm³/mol. The highest BCUT2D eigenvalue weighted by atomic mass is 32.1. The summed E-state index contributed by atoms with van der Waals surface area (Å²) in [5.41, 5.74) is 1.01. The maximum Gasteiger partial charge on any atom is 0.269 e. The van der Waals surface area contributed by atoms with Crippen molar-refractivity contribution in [2.45, 2.75) is 6.61 Å². The van der Waals surface area contributed by atoms with Crippen LogP contribution in [0.5, 0.6) is 5.75 Å². The fourth-order valence-electron chi connectivity index (χ4n) is 1.21. The number of ether oxygens (including phenoxy) is 1. The van der Waals surface area contributed by atoms with Crippen molar-refractivity contribution in [1.82, 2.24) is 0 Å². The zero-order chi connectivity index (χ0) is 11.4. The number of benzene rings is 1. The van der Waals surface area contributed by atoms with E-state index in [1.165, 1.54) is 12.1 Å². The first kappa shape index (κ1) is 10.6. The SMILES string of the molecule is O=[N+]([O-])c1ccc(COc2ccsc2)cc1. The molecular formula is C11H9NO3S. The molecule has 0 saturated carbocycles. The van der Waals surface area contributed by atoms with E-state index in [1.54, 1.807) is 23.5 Å². The lowest BCUT2D eigenvalue weighted by molar-refractivity contribution is -0.384. The van der Waals surface area contributed by atoms with E-state index in [0.29, 0.717) is 6.61 Å². The predicted octanol–water partition coefficient (Wildman–Crippen LogP) is 3.24. The normalized spacial score (nSPS) is 10.0. The van der Waals surface area contributed by atoms with Gasteiger partial charge in [-0.25, -0.2) is 0 Å². The van der Waals surface area contributed by atoms with Crippen LogP contribution in [0.2, 0.25) is 0 Å². The highest BCUT2D eigenvalue weighted by molar-refractivity contribution is 7.08. The monoisotopic (exact) mass is 235 g/mol. The van der Waals surface area contributed by atoms with Crippen molar-refractivity contribution in [3.63, 3.8) is 0 Å². The number of nitro benzene ring substituents is 1. The van der Waals surface area contributed by atoms with E-state index in [0.717, 1.165) is 11.3 Å². The van der Waals surface area contributed by atoms with Crippen LogP contribution in [0.3, 0.4) is 0 Å². The molecule has 0 aliphatic rings. The van der Waals surface area contributed by atoms with Crippen molar-refractivity contribution in [3.05, 3.63) is 56.8 Å². The molecule has 0 N–H and O–H groups in total. The van der Waals surface area contributed by atoms with E-state index in [2.05, 4.69) is 0 Å². The Bertz CT molecular complexity index is 464. The van der Waals surface area contributed by atoms with Gasteiger partial charge in [-0.1, -0.05) is 0 Å². The molecule has 1 aromatic heterocycles. The van der Waals surface area contributed by atoms with Gasteiger partial charge in [0.2, 0.25) is 0 Å². The maximum atomic E-state index is 10.4. The Kier molecular flexibility index (Phi) is 3.16. The van der Waals surface area contributed by atoms with E-state index < -0.39 is 4.92 Å². The van der Waals surface area contributed by atoms with E-state index in [-0.39, 0.29) is 5.69 Å². The maximum absolute atomic E-state index is 10.4. The van der Waals surface area contributed by atoms with E-state index >= 15 is 0 Å². The first-order valence-corrected chi connectivity index (χ1v) is 5.58. The molecule has 0 radical (unpaired) electrons. The molecule has 1 aromatic carbocycles. The van der Waals surface area contributed by atoms with Crippen molar-refractivity contribution in [1.29, 1.82) is 0 Å². The second kappa shape index (κ2) is 4.76. The van der Waals surface area contributed by atoms with Crippen molar-refractivity contribution in [3.8, 4) is 5.75 Å². The summed E-state index contributed by atoms with van der Waals surface area (Å²) in [5.74, 6) is 0.823. The zero-order valence-electron chi connectivity index (χ0n) is 8.33. The quantitative estimate of drug-likeness (QED) is 0.603. The third-order valence-electron chi connectivity index (χ3n) is 2.05. The van der Waals surface area contributed by atoms with Crippen molar-refractivity contribution >= 4 is 17.0 Å². The van der Waals surface area contributed by atoms with Crippen LogP contribution in [-0.2, 0) is 6.61 Å². The second-order valence-electron chi connectivity index (χ2n) is 3.17. The van der Waals surface area contributed by atoms with E-state index in [9.17, 15) is 10.1 Å². The summed E-state index contributed by atoms with van der Waals surface area (Å²) in [5, 5.41) is 14.3. The number of nitro groups is 1. The van der Waals surface area contributed by atoms with Gasteiger partial charge in [0.15, 0.2) is 0 Å². The van der Waals surface area contributed by atoms with E-state index in [4.69, 9.17) is 4.74 Å². The molecule has 0 spiro atoms. The minimum atomic E-state index is -0.413. The molecular weight excluding hydrogens is 226 g/mol. The number of thiophene rings is 1. The van der Waals surface area contributed by atoms with Gasteiger partial charge in [0.1, 0.15) is 12.4 Å². The summed E-state index contributed by atoms with van der Waals surface area (Å²) >= 11 is 1.57. The van der Waals surface area contributed by atoms with Crippen LogP contribution >= 0.6 is 11.3 Å². The summed E-state index contributed by atoms with van der Waals surface area (Å²) in [4.78, 5) is 10.0. The molecule has 5 heteroatoms. The van der Waals surface area contributed by atoms with Crippen molar-refractivity contribution < 1.29 is 9.66 Å². The third-order valence-corrected chi connectivity index (χ3v) is 2.71. The lowest BCUT2D eigenvalue weighted by atomic mass is 10.2. The third kappa shape index (κ3) is 2.58. The molecule has 0 aliphatic carbocycles. The summed E-state index contributed by atoms with van der Waals surface area (Å²) in [7, 11) is 0. The largest absolute Gasteiger partial charge is 0.488 e. The van der Waals surface area contributed by atoms with Gasteiger partial charge in [0, 0.05) is 17.5 Å². The van der Waals surface area contributed by atoms with Crippen molar-refractivity contribution in [2.75, 3.05) is 0 Å². The average molecular weight is 235 g/mol. The van der Waals surface area contributed by atoms with Crippen LogP contribution in [-0.4, -0.2) is 4.92 Å². The number of hydrogen-bond acceptors (Lipinski definition) is 4. The average Bonchev–Trinajstić information content (AvgIpc) is 2.80. The van der Waals surface area contributed by atoms with Gasteiger partial charge in [0.25, 0.3) is 5.69 Å². The van der Waals surface area contributed by atoms with Crippen LogP contribution in [0.1, 0.15) is 5.56 Å². The Hall–Kier alpha value is -1.88. The first-order chi connectivity index (χ1) is 7.75. The Balaban J connectivity index is 1.98. The van der Waals surface area contributed by atoms with Gasteiger partial charge in [-0.15, -0.1) is 11.3 Å². The molecule has 2 aromatic rings. The number of nitrogens with zero attached hydrogens (tertiary/aromatic N) is 1. The molecule has 0 fully saturated rings. The Morgan fingerprint density at radius 3 is 2.56 bits per heavy atom. The standard InChI is InChI=1S/C11H9NO3S/c13-12(14)10-3-1-9(2-4-10)7-15-11-5-6-16-8-11/h1-6,8H,7H2. The highest BCUT2D eigenvalue weighted by Gasteiger charge is 2.04. The fraction of sp³-hybridized carbons (Fsp3) is 0.0909. The molecule has 0 atom stereocenters. The zero-order valence-corrected chi connectivity index (χ0v) is 9.15. The highest BCUT2D eigenvalue weighted by Crippen LogP contribution is 2.17. The molecule has 2 rings (SSSR count). The lowest BCUT2D eigenvalue weighted by Gasteiger charge is -2.03. The van der Waals surface area contributed by atoms with Gasteiger partial charge >= 0.3 is 0 Å². The van der Waals surface area contributed by atoms with E-state index in [1.807, 2.05) is 16.8 Å². The fourth-order valence-corrected chi connectivity index (χ4v) is 1.79. The van der Waals surface area contributed by atoms with Crippen LogP contribution in [0.25, 0.3) is 0 Å².